The minimum Gasteiger partial charge on any atom is -0.391 e. The molecule has 0 heterocycles. The fraction of sp³-hybridized carbons (Fsp3) is 0.625. The first-order valence-electron chi connectivity index (χ1n) is 7.47. The van der Waals surface area contributed by atoms with Crippen LogP contribution >= 0.6 is 0 Å². The zero-order valence-electron chi connectivity index (χ0n) is 11.7. The first kappa shape index (κ1) is 14.5. The zero-order valence-corrected chi connectivity index (χ0v) is 11.7. The van der Waals surface area contributed by atoms with Crippen molar-refractivity contribution >= 4 is 0 Å². The fourth-order valence-corrected chi connectivity index (χ4v) is 3.04. The number of hydrogen-bond donors (Lipinski definition) is 2. The molecule has 0 saturated heterocycles. The lowest BCUT2D eigenvalue weighted by atomic mass is 10.0. The van der Waals surface area contributed by atoms with Crippen LogP contribution < -0.4 is 5.73 Å². The maximum absolute atomic E-state index is 10.3. The lowest BCUT2D eigenvalue weighted by Gasteiger charge is -2.33. The molecule has 1 saturated carbocycles. The molecule has 1 aromatic carbocycles. The van der Waals surface area contributed by atoms with Crippen LogP contribution in [0, 0.1) is 0 Å². The largest absolute Gasteiger partial charge is 0.391 e. The third-order valence-corrected chi connectivity index (χ3v) is 4.06. The van der Waals surface area contributed by atoms with Gasteiger partial charge in [-0.05, 0) is 18.4 Å². The first-order valence-corrected chi connectivity index (χ1v) is 7.47. The number of aliphatic hydroxyl groups excluding tert-OH is 1. The van der Waals surface area contributed by atoms with E-state index >= 15 is 0 Å². The second-order valence-electron chi connectivity index (χ2n) is 5.52. The highest BCUT2D eigenvalue weighted by atomic mass is 16.3. The smallest absolute Gasteiger partial charge is 0.0695 e. The minimum absolute atomic E-state index is 0.197. The molecular weight excluding hydrogens is 236 g/mol. The van der Waals surface area contributed by atoms with Gasteiger partial charge in [0, 0.05) is 25.7 Å². The average Bonchev–Trinajstić information content (AvgIpc) is 2.64. The fourth-order valence-electron chi connectivity index (χ4n) is 3.04. The Balaban J connectivity index is 2.05. The van der Waals surface area contributed by atoms with E-state index in [1.807, 2.05) is 6.07 Å². The molecule has 19 heavy (non-hydrogen) atoms. The van der Waals surface area contributed by atoms with E-state index in [2.05, 4.69) is 29.2 Å². The van der Waals surface area contributed by atoms with E-state index in [1.165, 1.54) is 18.4 Å². The molecule has 0 aromatic heterocycles. The van der Waals surface area contributed by atoms with E-state index in [9.17, 15) is 5.11 Å². The lowest BCUT2D eigenvalue weighted by molar-refractivity contribution is 0.0412. The molecule has 1 aromatic rings. The molecule has 3 N–H and O–H groups in total. The summed E-state index contributed by atoms with van der Waals surface area (Å²) < 4.78 is 0. The van der Waals surface area contributed by atoms with E-state index in [0.29, 0.717) is 6.54 Å². The van der Waals surface area contributed by atoms with Crippen LogP contribution in [-0.2, 0) is 6.54 Å². The van der Waals surface area contributed by atoms with Crippen molar-refractivity contribution in [2.24, 2.45) is 5.73 Å². The number of nitrogens with two attached hydrogens (primary N) is 1. The van der Waals surface area contributed by atoms with E-state index in [0.717, 1.165) is 32.4 Å². The van der Waals surface area contributed by atoms with Crippen molar-refractivity contribution < 1.29 is 5.11 Å². The highest BCUT2D eigenvalue weighted by molar-refractivity contribution is 5.14. The Morgan fingerprint density at radius 3 is 2.58 bits per heavy atom. The van der Waals surface area contributed by atoms with Gasteiger partial charge in [0.15, 0.2) is 0 Å². The van der Waals surface area contributed by atoms with Gasteiger partial charge < -0.3 is 10.8 Å². The Morgan fingerprint density at radius 1 is 1.11 bits per heavy atom. The Morgan fingerprint density at radius 2 is 1.84 bits per heavy atom. The van der Waals surface area contributed by atoms with Crippen molar-refractivity contribution in [1.82, 2.24) is 4.90 Å². The summed E-state index contributed by atoms with van der Waals surface area (Å²) in [6, 6.07) is 10.7. The molecule has 3 heteroatoms. The van der Waals surface area contributed by atoms with E-state index in [1.54, 1.807) is 0 Å². The molecule has 2 atom stereocenters. The number of benzene rings is 1. The van der Waals surface area contributed by atoms with Crippen LogP contribution in [-0.4, -0.2) is 35.2 Å². The van der Waals surface area contributed by atoms with Gasteiger partial charge in [0.2, 0.25) is 0 Å². The molecule has 0 amide bonds. The quantitative estimate of drug-likeness (QED) is 0.799. The van der Waals surface area contributed by atoms with Crippen molar-refractivity contribution in [2.45, 2.75) is 50.8 Å². The van der Waals surface area contributed by atoms with Crippen LogP contribution in [0.3, 0.4) is 0 Å². The number of nitrogens with zero attached hydrogens (tertiary/aromatic N) is 1. The summed E-state index contributed by atoms with van der Waals surface area (Å²) in [5, 5.41) is 10.3. The Hall–Kier alpha value is -0.900. The molecule has 0 bridgehead atoms. The third-order valence-electron chi connectivity index (χ3n) is 4.06. The summed E-state index contributed by atoms with van der Waals surface area (Å²) in [7, 11) is 0. The molecule has 0 radical (unpaired) electrons. The molecule has 2 rings (SSSR count). The van der Waals surface area contributed by atoms with Crippen LogP contribution in [0.5, 0.6) is 0 Å². The van der Waals surface area contributed by atoms with E-state index in [4.69, 9.17) is 5.73 Å². The monoisotopic (exact) mass is 262 g/mol. The normalized spacial score (nSPS) is 24.4. The van der Waals surface area contributed by atoms with Crippen molar-refractivity contribution in [1.29, 1.82) is 0 Å². The number of hydrogen-bond acceptors (Lipinski definition) is 3. The van der Waals surface area contributed by atoms with E-state index in [-0.39, 0.29) is 12.1 Å². The summed E-state index contributed by atoms with van der Waals surface area (Å²) in [6.45, 7) is 2.40. The van der Waals surface area contributed by atoms with Crippen LogP contribution in [0.25, 0.3) is 0 Å². The Labute approximate surface area is 116 Å². The maximum atomic E-state index is 10.3. The van der Waals surface area contributed by atoms with Gasteiger partial charge in [0.05, 0.1) is 6.10 Å². The minimum atomic E-state index is -0.197. The van der Waals surface area contributed by atoms with Crippen molar-refractivity contribution in [3.8, 4) is 0 Å². The predicted octanol–water partition coefficient (Wildman–Crippen LogP) is 2.14. The second-order valence-corrected chi connectivity index (χ2v) is 5.52. The van der Waals surface area contributed by atoms with Gasteiger partial charge in [-0.15, -0.1) is 0 Å². The number of rotatable bonds is 5. The van der Waals surface area contributed by atoms with Crippen LogP contribution in [0.15, 0.2) is 30.3 Å². The van der Waals surface area contributed by atoms with Crippen molar-refractivity contribution in [2.75, 3.05) is 13.1 Å². The van der Waals surface area contributed by atoms with E-state index < -0.39 is 0 Å². The predicted molar refractivity (Wildman–Crippen MR) is 78.8 cm³/mol. The van der Waals surface area contributed by atoms with Gasteiger partial charge in [-0.3, -0.25) is 4.90 Å². The average molecular weight is 262 g/mol. The molecule has 1 fully saturated rings. The summed E-state index contributed by atoms with van der Waals surface area (Å²) >= 11 is 0. The molecule has 106 valence electrons. The van der Waals surface area contributed by atoms with Crippen LogP contribution in [0.4, 0.5) is 0 Å². The maximum Gasteiger partial charge on any atom is 0.0695 e. The summed E-state index contributed by atoms with van der Waals surface area (Å²) in [6.07, 6.45) is 5.44. The summed E-state index contributed by atoms with van der Waals surface area (Å²) in [5.74, 6) is 0. The second kappa shape index (κ2) is 7.63. The van der Waals surface area contributed by atoms with Gasteiger partial charge in [-0.25, -0.2) is 0 Å². The molecule has 0 spiro atoms. The highest BCUT2D eigenvalue weighted by Crippen LogP contribution is 2.23. The van der Waals surface area contributed by atoms with Gasteiger partial charge in [-0.2, -0.15) is 0 Å². The first-order chi connectivity index (χ1) is 9.31. The van der Waals surface area contributed by atoms with Crippen LogP contribution in [0.1, 0.15) is 37.7 Å². The topological polar surface area (TPSA) is 49.5 Å². The van der Waals surface area contributed by atoms with Crippen LogP contribution in [0.2, 0.25) is 0 Å². The molecule has 3 nitrogen and oxygen atoms in total. The lowest BCUT2D eigenvalue weighted by Crippen LogP contribution is -2.44. The Kier molecular flexibility index (Phi) is 5.83. The van der Waals surface area contributed by atoms with Gasteiger partial charge in [0.1, 0.15) is 0 Å². The highest BCUT2D eigenvalue weighted by Gasteiger charge is 2.27. The summed E-state index contributed by atoms with van der Waals surface area (Å²) in [4.78, 5) is 2.37. The molecular formula is C16H26N2O. The van der Waals surface area contributed by atoms with Gasteiger partial charge in [-0.1, -0.05) is 49.6 Å². The Bertz CT molecular complexity index is 355. The van der Waals surface area contributed by atoms with Gasteiger partial charge in [0.25, 0.3) is 0 Å². The van der Waals surface area contributed by atoms with Crippen molar-refractivity contribution in [3.63, 3.8) is 0 Å². The molecule has 0 aliphatic heterocycles. The standard InChI is InChI=1S/C16H26N2O/c17-11-12-18(13-14-7-3-1-4-8-14)15-9-5-2-6-10-16(15)19/h1,3-4,7-8,15-16,19H,2,5-6,9-13,17H2. The zero-order chi connectivity index (χ0) is 13.5. The summed E-state index contributed by atoms with van der Waals surface area (Å²) in [5.41, 5.74) is 7.05. The third kappa shape index (κ3) is 4.30. The molecule has 2 unspecified atom stereocenters. The molecule has 1 aliphatic rings. The number of aliphatic hydroxyl groups is 1. The SMILES string of the molecule is NCCN(Cc1ccccc1)C1CCCCCC1O. The molecule has 1 aliphatic carbocycles. The van der Waals surface area contributed by atoms with Crippen molar-refractivity contribution in [3.05, 3.63) is 35.9 Å². The van der Waals surface area contributed by atoms with Gasteiger partial charge >= 0.3 is 0 Å².